The molecule has 1 aromatic heterocycles. The topological polar surface area (TPSA) is 91.0 Å². The molecule has 0 radical (unpaired) electrons. The van der Waals surface area contributed by atoms with E-state index in [0.29, 0.717) is 28.2 Å². The molecule has 0 saturated carbocycles. The normalized spacial score (nSPS) is 15.9. The Morgan fingerprint density at radius 3 is 2.71 bits per heavy atom. The van der Waals surface area contributed by atoms with Crippen molar-refractivity contribution < 1.29 is 4.79 Å². The van der Waals surface area contributed by atoms with Crippen LogP contribution in [-0.4, -0.2) is 35.0 Å². The van der Waals surface area contributed by atoms with Gasteiger partial charge in [-0.05, 0) is 42.6 Å². The predicted molar refractivity (Wildman–Crippen MR) is 126 cm³/mol. The summed E-state index contributed by atoms with van der Waals surface area (Å²) in [5.41, 5.74) is 3.40. The zero-order chi connectivity index (χ0) is 21.6. The van der Waals surface area contributed by atoms with Gasteiger partial charge in [0, 0.05) is 19.5 Å². The van der Waals surface area contributed by atoms with Crippen molar-refractivity contribution in [1.82, 2.24) is 15.3 Å². The summed E-state index contributed by atoms with van der Waals surface area (Å²) in [7, 11) is 0. The molecular weight excluding hydrogens is 412 g/mol. The summed E-state index contributed by atoms with van der Waals surface area (Å²) >= 11 is 6.36. The Hall–Kier alpha value is -3.16. The van der Waals surface area contributed by atoms with Gasteiger partial charge in [0.15, 0.2) is 5.82 Å². The van der Waals surface area contributed by atoms with Gasteiger partial charge >= 0.3 is 0 Å². The SMILES string of the molecule is CC(=O)Nc1cc(-c2ccccc2)ccc1Nc1nc(N[C@H]2CCCNC2)ncc1Cl. The molecule has 0 bridgehead atoms. The van der Waals surface area contributed by atoms with Crippen LogP contribution in [0.2, 0.25) is 5.02 Å². The maximum absolute atomic E-state index is 11.8. The average molecular weight is 437 g/mol. The number of carbonyl (C=O) groups is 1. The third-order valence-corrected chi connectivity index (χ3v) is 5.34. The maximum Gasteiger partial charge on any atom is 0.224 e. The maximum atomic E-state index is 11.8. The Morgan fingerprint density at radius 2 is 1.97 bits per heavy atom. The number of carbonyl (C=O) groups excluding carboxylic acids is 1. The fourth-order valence-electron chi connectivity index (χ4n) is 3.57. The zero-order valence-electron chi connectivity index (χ0n) is 17.3. The van der Waals surface area contributed by atoms with Gasteiger partial charge in [0.2, 0.25) is 11.9 Å². The molecule has 3 aromatic rings. The number of anilines is 4. The largest absolute Gasteiger partial charge is 0.350 e. The highest BCUT2D eigenvalue weighted by Crippen LogP contribution is 2.33. The van der Waals surface area contributed by atoms with Gasteiger partial charge in [-0.1, -0.05) is 48.0 Å². The molecule has 1 aliphatic rings. The lowest BCUT2D eigenvalue weighted by Crippen LogP contribution is -2.38. The van der Waals surface area contributed by atoms with E-state index < -0.39 is 0 Å². The molecule has 1 atom stereocenters. The van der Waals surface area contributed by atoms with Crippen LogP contribution in [0.5, 0.6) is 0 Å². The number of benzene rings is 2. The summed E-state index contributed by atoms with van der Waals surface area (Å²) < 4.78 is 0. The number of nitrogens with zero attached hydrogens (tertiary/aromatic N) is 2. The van der Waals surface area contributed by atoms with Crippen LogP contribution in [0, 0.1) is 0 Å². The fourth-order valence-corrected chi connectivity index (χ4v) is 3.70. The van der Waals surface area contributed by atoms with Crippen molar-refractivity contribution in [3.05, 3.63) is 59.8 Å². The number of nitrogens with one attached hydrogen (secondary N) is 4. The van der Waals surface area contributed by atoms with E-state index in [1.165, 1.54) is 6.92 Å². The lowest BCUT2D eigenvalue weighted by Gasteiger charge is -2.24. The summed E-state index contributed by atoms with van der Waals surface area (Å²) in [5.74, 6) is 0.832. The monoisotopic (exact) mass is 436 g/mol. The second-order valence-corrected chi connectivity index (χ2v) is 7.92. The molecule has 4 N–H and O–H groups in total. The zero-order valence-corrected chi connectivity index (χ0v) is 18.0. The van der Waals surface area contributed by atoms with E-state index in [0.717, 1.165) is 37.1 Å². The van der Waals surface area contributed by atoms with Gasteiger partial charge in [0.25, 0.3) is 0 Å². The molecule has 31 heavy (non-hydrogen) atoms. The van der Waals surface area contributed by atoms with Crippen LogP contribution in [0.1, 0.15) is 19.8 Å². The standard InChI is InChI=1S/C23H25ClN6O/c1-15(31)27-21-12-17(16-6-3-2-4-7-16)9-10-20(21)29-22-19(24)14-26-23(30-22)28-18-8-5-11-25-13-18/h2-4,6-7,9-10,12,14,18,25H,5,8,11,13H2,1H3,(H,27,31)(H2,26,28,29,30)/t18-/m0/s1. The molecule has 4 rings (SSSR count). The van der Waals surface area contributed by atoms with E-state index in [2.05, 4.69) is 31.2 Å². The lowest BCUT2D eigenvalue weighted by atomic mass is 10.0. The first-order valence-corrected chi connectivity index (χ1v) is 10.7. The molecule has 0 spiro atoms. The highest BCUT2D eigenvalue weighted by Gasteiger charge is 2.16. The van der Waals surface area contributed by atoms with Crippen LogP contribution in [-0.2, 0) is 4.79 Å². The van der Waals surface area contributed by atoms with Gasteiger partial charge in [-0.3, -0.25) is 4.79 Å². The summed E-state index contributed by atoms with van der Waals surface area (Å²) in [6.07, 6.45) is 3.76. The average Bonchev–Trinajstić information content (AvgIpc) is 2.78. The number of amides is 1. The first-order chi connectivity index (χ1) is 15.1. The van der Waals surface area contributed by atoms with Crippen molar-refractivity contribution in [2.75, 3.05) is 29.0 Å². The second-order valence-electron chi connectivity index (χ2n) is 7.51. The smallest absolute Gasteiger partial charge is 0.224 e. The molecule has 2 heterocycles. The molecule has 8 heteroatoms. The fraction of sp³-hybridized carbons (Fsp3) is 0.261. The van der Waals surface area contributed by atoms with E-state index in [4.69, 9.17) is 11.6 Å². The van der Waals surface area contributed by atoms with Crippen molar-refractivity contribution >= 4 is 40.6 Å². The number of hydrogen-bond acceptors (Lipinski definition) is 6. The number of piperidine rings is 1. The summed E-state index contributed by atoms with van der Waals surface area (Å²) in [4.78, 5) is 20.7. The highest BCUT2D eigenvalue weighted by molar-refractivity contribution is 6.33. The molecule has 0 aliphatic carbocycles. The van der Waals surface area contributed by atoms with Crippen molar-refractivity contribution in [2.45, 2.75) is 25.8 Å². The van der Waals surface area contributed by atoms with Crippen molar-refractivity contribution in [1.29, 1.82) is 0 Å². The highest BCUT2D eigenvalue weighted by atomic mass is 35.5. The van der Waals surface area contributed by atoms with Gasteiger partial charge in [0.1, 0.15) is 5.02 Å². The number of aromatic nitrogens is 2. The van der Waals surface area contributed by atoms with E-state index in [1.807, 2.05) is 48.5 Å². The van der Waals surface area contributed by atoms with Gasteiger partial charge in [0.05, 0.1) is 17.6 Å². The van der Waals surface area contributed by atoms with Crippen LogP contribution in [0.4, 0.5) is 23.1 Å². The molecule has 2 aromatic carbocycles. The molecule has 1 aliphatic heterocycles. The van der Waals surface area contributed by atoms with Gasteiger partial charge in [-0.15, -0.1) is 0 Å². The van der Waals surface area contributed by atoms with E-state index in [1.54, 1.807) is 6.20 Å². The number of halogens is 1. The third-order valence-electron chi connectivity index (χ3n) is 5.06. The Bertz CT molecular complexity index is 1050. The second kappa shape index (κ2) is 9.76. The molecule has 0 unspecified atom stereocenters. The van der Waals surface area contributed by atoms with Gasteiger partial charge in [-0.2, -0.15) is 4.98 Å². The molecule has 160 valence electrons. The molecule has 7 nitrogen and oxygen atoms in total. The summed E-state index contributed by atoms with van der Waals surface area (Å²) in [6.45, 7) is 3.40. The van der Waals surface area contributed by atoms with E-state index >= 15 is 0 Å². The number of hydrogen-bond donors (Lipinski definition) is 4. The Kier molecular flexibility index (Phi) is 6.64. The summed E-state index contributed by atoms with van der Waals surface area (Å²) in [5, 5.41) is 13.3. The Labute approximate surface area is 186 Å². The van der Waals surface area contributed by atoms with E-state index in [9.17, 15) is 4.79 Å². The minimum atomic E-state index is -0.158. The van der Waals surface area contributed by atoms with Gasteiger partial charge < -0.3 is 21.3 Å². The molecule has 1 fully saturated rings. The van der Waals surface area contributed by atoms with Crippen LogP contribution >= 0.6 is 11.6 Å². The van der Waals surface area contributed by atoms with Crippen LogP contribution in [0.25, 0.3) is 11.1 Å². The minimum Gasteiger partial charge on any atom is -0.350 e. The Balaban J connectivity index is 1.60. The molecule has 1 saturated heterocycles. The van der Waals surface area contributed by atoms with Crippen molar-refractivity contribution in [3.8, 4) is 11.1 Å². The third kappa shape index (κ3) is 5.51. The van der Waals surface area contributed by atoms with Crippen LogP contribution in [0.15, 0.2) is 54.7 Å². The first kappa shape index (κ1) is 21.1. The van der Waals surface area contributed by atoms with Crippen LogP contribution < -0.4 is 21.3 Å². The predicted octanol–water partition coefficient (Wildman–Crippen LogP) is 4.66. The number of rotatable bonds is 6. The van der Waals surface area contributed by atoms with Crippen molar-refractivity contribution in [3.63, 3.8) is 0 Å². The Morgan fingerprint density at radius 1 is 1.13 bits per heavy atom. The summed E-state index contributed by atoms with van der Waals surface area (Å²) in [6, 6.07) is 16.1. The van der Waals surface area contributed by atoms with Crippen molar-refractivity contribution in [2.24, 2.45) is 0 Å². The first-order valence-electron chi connectivity index (χ1n) is 10.3. The lowest BCUT2D eigenvalue weighted by molar-refractivity contribution is -0.114. The molecule has 1 amide bonds. The van der Waals surface area contributed by atoms with Crippen LogP contribution in [0.3, 0.4) is 0 Å². The molecular formula is C23H25ClN6O. The quantitative estimate of drug-likeness (QED) is 0.449. The van der Waals surface area contributed by atoms with E-state index in [-0.39, 0.29) is 11.9 Å². The minimum absolute atomic E-state index is 0.158. The van der Waals surface area contributed by atoms with Gasteiger partial charge in [-0.25, -0.2) is 4.98 Å².